The van der Waals surface area contributed by atoms with Crippen LogP contribution in [0.15, 0.2) is 42.6 Å². The Kier molecular flexibility index (Phi) is 5.19. The molecule has 26 heavy (non-hydrogen) atoms. The number of carboxylic acids is 1. The van der Waals surface area contributed by atoms with Crippen molar-refractivity contribution < 1.29 is 14.6 Å². The highest BCUT2D eigenvalue weighted by molar-refractivity contribution is 5.78. The van der Waals surface area contributed by atoms with Crippen LogP contribution >= 0.6 is 0 Å². The van der Waals surface area contributed by atoms with E-state index in [0.717, 1.165) is 11.3 Å². The fraction of sp³-hybridized carbons (Fsp3) is 0.350. The van der Waals surface area contributed by atoms with Gasteiger partial charge in [-0.2, -0.15) is 5.26 Å². The summed E-state index contributed by atoms with van der Waals surface area (Å²) in [5.41, 5.74) is 1.32. The molecule has 1 aromatic carbocycles. The molecule has 6 nitrogen and oxygen atoms in total. The smallest absolute Gasteiger partial charge is 0.348 e. The lowest BCUT2D eigenvalue weighted by atomic mass is 9.90. The first-order valence-electron chi connectivity index (χ1n) is 8.57. The zero-order chi connectivity index (χ0) is 18.6. The molecule has 0 aliphatic carbocycles. The summed E-state index contributed by atoms with van der Waals surface area (Å²) in [5.74, 6) is -0.461. The SMILES string of the molecule is Cc1ccc(OC2(C(=O)O)CCN(Cc3cccc(C#N)c3)CC2)cn1. The topological polar surface area (TPSA) is 86.5 Å². The van der Waals surface area contributed by atoms with Crippen molar-refractivity contribution in [3.63, 3.8) is 0 Å². The second-order valence-corrected chi connectivity index (χ2v) is 6.63. The number of nitrogens with zero attached hydrogens (tertiary/aromatic N) is 3. The van der Waals surface area contributed by atoms with Crippen LogP contribution in [0.2, 0.25) is 0 Å². The number of ether oxygens (including phenoxy) is 1. The van der Waals surface area contributed by atoms with E-state index in [1.54, 1.807) is 18.3 Å². The fourth-order valence-corrected chi connectivity index (χ4v) is 3.17. The van der Waals surface area contributed by atoms with Gasteiger partial charge >= 0.3 is 5.97 Å². The van der Waals surface area contributed by atoms with Crippen molar-refractivity contribution in [2.45, 2.75) is 31.9 Å². The summed E-state index contributed by atoms with van der Waals surface area (Å²) in [6.07, 6.45) is 2.36. The maximum atomic E-state index is 11.9. The molecule has 0 radical (unpaired) electrons. The molecule has 0 atom stereocenters. The summed E-state index contributed by atoms with van der Waals surface area (Å²) in [5, 5.41) is 18.8. The third-order valence-electron chi connectivity index (χ3n) is 4.71. The van der Waals surface area contributed by atoms with Gasteiger partial charge in [-0.15, -0.1) is 0 Å². The maximum Gasteiger partial charge on any atom is 0.348 e. The highest BCUT2D eigenvalue weighted by Gasteiger charge is 2.44. The minimum Gasteiger partial charge on any atom is -0.478 e. The Hall–Kier alpha value is -2.91. The van der Waals surface area contributed by atoms with Gasteiger partial charge in [-0.25, -0.2) is 4.79 Å². The number of piperidine rings is 1. The third-order valence-corrected chi connectivity index (χ3v) is 4.71. The van der Waals surface area contributed by atoms with Crippen molar-refractivity contribution in [3.05, 3.63) is 59.4 Å². The monoisotopic (exact) mass is 351 g/mol. The highest BCUT2D eigenvalue weighted by atomic mass is 16.5. The van der Waals surface area contributed by atoms with Gasteiger partial charge in [-0.1, -0.05) is 12.1 Å². The molecule has 0 bridgehead atoms. The number of nitriles is 1. The molecule has 0 amide bonds. The van der Waals surface area contributed by atoms with Gasteiger partial charge in [0.1, 0.15) is 5.75 Å². The molecule has 3 rings (SSSR count). The fourth-order valence-electron chi connectivity index (χ4n) is 3.17. The van der Waals surface area contributed by atoms with E-state index in [1.807, 2.05) is 31.2 Å². The number of carboxylic acid groups (broad SMARTS) is 1. The van der Waals surface area contributed by atoms with Gasteiger partial charge in [-0.3, -0.25) is 9.88 Å². The number of carbonyl (C=O) groups is 1. The summed E-state index contributed by atoms with van der Waals surface area (Å²) >= 11 is 0. The van der Waals surface area contributed by atoms with E-state index in [-0.39, 0.29) is 0 Å². The number of likely N-dealkylation sites (tertiary alicyclic amines) is 1. The molecule has 6 heteroatoms. The lowest BCUT2D eigenvalue weighted by molar-refractivity contribution is -0.159. The number of aryl methyl sites for hydroxylation is 1. The molecular weight excluding hydrogens is 330 g/mol. The number of hydrogen-bond donors (Lipinski definition) is 1. The molecule has 1 saturated heterocycles. The van der Waals surface area contributed by atoms with Crippen molar-refractivity contribution in [1.82, 2.24) is 9.88 Å². The third kappa shape index (κ3) is 4.01. The van der Waals surface area contributed by atoms with Crippen molar-refractivity contribution in [3.8, 4) is 11.8 Å². The zero-order valence-corrected chi connectivity index (χ0v) is 14.7. The molecule has 0 spiro atoms. The van der Waals surface area contributed by atoms with Gasteiger partial charge < -0.3 is 9.84 Å². The number of hydrogen-bond acceptors (Lipinski definition) is 5. The van der Waals surface area contributed by atoms with E-state index in [9.17, 15) is 9.90 Å². The molecule has 0 saturated carbocycles. The first-order chi connectivity index (χ1) is 12.5. The summed E-state index contributed by atoms with van der Waals surface area (Å²) in [6, 6.07) is 13.2. The van der Waals surface area contributed by atoms with Gasteiger partial charge in [0, 0.05) is 38.2 Å². The average Bonchev–Trinajstić information content (AvgIpc) is 2.65. The van der Waals surface area contributed by atoms with Gasteiger partial charge in [0.05, 0.1) is 17.8 Å². The first kappa shape index (κ1) is 17.9. The van der Waals surface area contributed by atoms with Crippen LogP contribution in [-0.2, 0) is 11.3 Å². The van der Waals surface area contributed by atoms with E-state index < -0.39 is 11.6 Å². The number of aromatic nitrogens is 1. The lowest BCUT2D eigenvalue weighted by Crippen LogP contribution is -2.53. The van der Waals surface area contributed by atoms with Gasteiger partial charge in [-0.05, 0) is 36.8 Å². The molecule has 2 heterocycles. The summed E-state index contributed by atoms with van der Waals surface area (Å²) < 4.78 is 5.86. The lowest BCUT2D eigenvalue weighted by Gasteiger charge is -2.38. The average molecular weight is 351 g/mol. The van der Waals surface area contributed by atoms with E-state index in [0.29, 0.717) is 43.8 Å². The van der Waals surface area contributed by atoms with E-state index >= 15 is 0 Å². The second kappa shape index (κ2) is 7.54. The van der Waals surface area contributed by atoms with E-state index in [1.165, 1.54) is 0 Å². The molecular formula is C20H21N3O3. The summed E-state index contributed by atoms with van der Waals surface area (Å²) in [7, 11) is 0. The molecule has 0 unspecified atom stereocenters. The van der Waals surface area contributed by atoms with Gasteiger partial charge in [0.15, 0.2) is 0 Å². The Labute approximate surface area is 152 Å². The zero-order valence-electron chi connectivity index (χ0n) is 14.7. The van der Waals surface area contributed by atoms with Crippen LogP contribution in [0, 0.1) is 18.3 Å². The molecule has 2 aromatic rings. The van der Waals surface area contributed by atoms with Crippen LogP contribution in [0.3, 0.4) is 0 Å². The standard InChI is InChI=1S/C20H21N3O3/c1-15-5-6-18(13-22-15)26-20(19(24)25)7-9-23(10-8-20)14-17-4-2-3-16(11-17)12-21/h2-6,11,13H,7-10,14H2,1H3,(H,24,25). The van der Waals surface area contributed by atoms with Crippen molar-refractivity contribution in [1.29, 1.82) is 5.26 Å². The molecule has 1 N–H and O–H groups in total. The molecule has 1 aliphatic heterocycles. The highest BCUT2D eigenvalue weighted by Crippen LogP contribution is 2.30. The first-order valence-corrected chi connectivity index (χ1v) is 8.57. The number of benzene rings is 1. The number of aliphatic carboxylic acids is 1. The maximum absolute atomic E-state index is 11.9. The van der Waals surface area contributed by atoms with Crippen LogP contribution in [0.1, 0.15) is 29.7 Å². The number of rotatable bonds is 5. The van der Waals surface area contributed by atoms with Crippen molar-refractivity contribution in [2.24, 2.45) is 0 Å². The predicted molar refractivity (Wildman–Crippen MR) is 95.6 cm³/mol. The van der Waals surface area contributed by atoms with Crippen LogP contribution in [0.4, 0.5) is 0 Å². The normalized spacial score (nSPS) is 16.6. The van der Waals surface area contributed by atoms with E-state index in [2.05, 4.69) is 16.0 Å². The molecule has 1 aromatic heterocycles. The Balaban J connectivity index is 1.66. The Bertz CT molecular complexity index is 819. The Morgan fingerprint density at radius 1 is 1.35 bits per heavy atom. The minimum absolute atomic E-state index is 0.397. The molecule has 134 valence electrons. The number of pyridine rings is 1. The molecule has 1 fully saturated rings. The Morgan fingerprint density at radius 3 is 2.73 bits per heavy atom. The second-order valence-electron chi connectivity index (χ2n) is 6.63. The van der Waals surface area contributed by atoms with Crippen LogP contribution in [0.5, 0.6) is 5.75 Å². The van der Waals surface area contributed by atoms with Crippen molar-refractivity contribution >= 4 is 5.97 Å². The predicted octanol–water partition coefficient (Wildman–Crippen LogP) is 2.76. The quantitative estimate of drug-likeness (QED) is 0.891. The Morgan fingerprint density at radius 2 is 2.12 bits per heavy atom. The molecule has 1 aliphatic rings. The van der Waals surface area contributed by atoms with Gasteiger partial charge in [0.2, 0.25) is 5.60 Å². The summed E-state index contributed by atoms with van der Waals surface area (Å²) in [6.45, 7) is 3.79. The van der Waals surface area contributed by atoms with Crippen molar-refractivity contribution in [2.75, 3.05) is 13.1 Å². The van der Waals surface area contributed by atoms with E-state index in [4.69, 9.17) is 10.00 Å². The largest absolute Gasteiger partial charge is 0.478 e. The summed E-state index contributed by atoms with van der Waals surface area (Å²) in [4.78, 5) is 18.3. The van der Waals surface area contributed by atoms with Crippen LogP contribution in [0.25, 0.3) is 0 Å². The van der Waals surface area contributed by atoms with Gasteiger partial charge in [0.25, 0.3) is 0 Å². The van der Waals surface area contributed by atoms with Crippen LogP contribution in [-0.4, -0.2) is 39.7 Å². The van der Waals surface area contributed by atoms with Crippen LogP contribution < -0.4 is 4.74 Å². The minimum atomic E-state index is -1.22.